The molecule has 1 nitrogen and oxygen atoms in total. The van der Waals surface area contributed by atoms with Crippen LogP contribution in [0.3, 0.4) is 0 Å². The van der Waals surface area contributed by atoms with E-state index in [1.165, 1.54) is 41.5 Å². The largest absolute Gasteiger partial charge is 0.313 e. The van der Waals surface area contributed by atoms with Crippen LogP contribution in [-0.2, 0) is 6.54 Å². The van der Waals surface area contributed by atoms with Gasteiger partial charge in [-0.15, -0.1) is 11.3 Å². The zero-order valence-corrected chi connectivity index (χ0v) is 13.4. The van der Waals surface area contributed by atoms with E-state index in [0.29, 0.717) is 0 Å². The van der Waals surface area contributed by atoms with Crippen LogP contribution in [0.4, 0.5) is 0 Å². The van der Waals surface area contributed by atoms with Crippen LogP contribution < -0.4 is 5.32 Å². The Bertz CT molecular complexity index is 296. The first-order valence-corrected chi connectivity index (χ1v) is 8.29. The molecular weight excluding hydrogens is 294 g/mol. The van der Waals surface area contributed by atoms with Crippen molar-refractivity contribution in [3.8, 4) is 0 Å². The van der Waals surface area contributed by atoms with Crippen LogP contribution in [0.2, 0.25) is 0 Å². The molecule has 3 heteroatoms. The van der Waals surface area contributed by atoms with Crippen LogP contribution in [0.1, 0.15) is 51.5 Å². The van der Waals surface area contributed by atoms with Gasteiger partial charge < -0.3 is 5.32 Å². The zero-order valence-electron chi connectivity index (χ0n) is 11.0. The van der Waals surface area contributed by atoms with Crippen molar-refractivity contribution in [2.45, 2.75) is 52.5 Å². The Morgan fingerprint density at radius 1 is 1.24 bits per heavy atom. The Morgan fingerprint density at radius 3 is 2.65 bits per heavy atom. The number of hydrogen-bond acceptors (Lipinski definition) is 2. The number of hydrogen-bond donors (Lipinski definition) is 1. The minimum atomic E-state index is 0.866. The van der Waals surface area contributed by atoms with E-state index in [1.54, 1.807) is 11.3 Å². The van der Waals surface area contributed by atoms with Crippen LogP contribution in [0, 0.1) is 5.92 Å². The predicted octanol–water partition coefficient (Wildman–Crippen LogP) is 5.21. The highest BCUT2D eigenvalue weighted by Crippen LogP contribution is 2.20. The van der Waals surface area contributed by atoms with E-state index in [9.17, 15) is 0 Å². The number of rotatable bonds is 9. The first-order valence-electron chi connectivity index (χ1n) is 6.62. The lowest BCUT2D eigenvalue weighted by molar-refractivity contribution is 0.512. The Morgan fingerprint density at radius 2 is 2.00 bits per heavy atom. The summed E-state index contributed by atoms with van der Waals surface area (Å²) in [5.74, 6) is 0.866. The maximum atomic E-state index is 3.50. The maximum Gasteiger partial charge on any atom is 0.0701 e. The van der Waals surface area contributed by atoms with Gasteiger partial charge in [-0.3, -0.25) is 0 Å². The van der Waals surface area contributed by atoms with Crippen molar-refractivity contribution in [3.05, 3.63) is 20.8 Å². The molecule has 0 aromatic carbocycles. The molecular formula is C14H24BrNS. The van der Waals surface area contributed by atoms with Gasteiger partial charge in [0.15, 0.2) is 0 Å². The molecule has 0 aliphatic heterocycles. The van der Waals surface area contributed by atoms with Gasteiger partial charge in [-0.2, -0.15) is 0 Å². The standard InChI is InChI=1S/C14H24BrNS/c1-12(2)7-5-3-4-6-8-16-10-13-9-14(15)17-11-13/h9,11-12,16H,3-8,10H2,1-2H3. The van der Waals surface area contributed by atoms with Gasteiger partial charge in [0.2, 0.25) is 0 Å². The van der Waals surface area contributed by atoms with Crippen molar-refractivity contribution in [2.24, 2.45) is 5.92 Å². The molecule has 0 atom stereocenters. The third kappa shape index (κ3) is 7.96. The van der Waals surface area contributed by atoms with Crippen LogP contribution in [0.5, 0.6) is 0 Å². The highest BCUT2D eigenvalue weighted by molar-refractivity contribution is 9.11. The lowest BCUT2D eigenvalue weighted by Crippen LogP contribution is -2.14. The summed E-state index contributed by atoms with van der Waals surface area (Å²) in [5.41, 5.74) is 1.39. The Hall–Kier alpha value is 0.140. The minimum Gasteiger partial charge on any atom is -0.313 e. The molecule has 0 saturated heterocycles. The summed E-state index contributed by atoms with van der Waals surface area (Å²) < 4.78 is 1.22. The maximum absolute atomic E-state index is 3.50. The Labute approximate surface area is 118 Å². The summed E-state index contributed by atoms with van der Waals surface area (Å²) in [7, 11) is 0. The molecule has 0 spiro atoms. The van der Waals surface area contributed by atoms with Crippen molar-refractivity contribution < 1.29 is 0 Å². The van der Waals surface area contributed by atoms with Gasteiger partial charge in [-0.1, -0.05) is 39.5 Å². The van der Waals surface area contributed by atoms with Crippen molar-refractivity contribution in [3.63, 3.8) is 0 Å². The molecule has 0 bridgehead atoms. The quantitative estimate of drug-likeness (QED) is 0.617. The lowest BCUT2D eigenvalue weighted by Gasteiger charge is -2.05. The Balaban J connectivity index is 1.88. The molecule has 17 heavy (non-hydrogen) atoms. The Kier molecular flexibility index (Phi) is 8.15. The molecule has 1 heterocycles. The van der Waals surface area contributed by atoms with Crippen molar-refractivity contribution in [1.82, 2.24) is 5.32 Å². The van der Waals surface area contributed by atoms with Gasteiger partial charge in [0.25, 0.3) is 0 Å². The summed E-state index contributed by atoms with van der Waals surface area (Å²) in [6, 6.07) is 2.19. The fourth-order valence-electron chi connectivity index (χ4n) is 1.83. The molecule has 0 aliphatic carbocycles. The lowest BCUT2D eigenvalue weighted by atomic mass is 10.0. The monoisotopic (exact) mass is 317 g/mol. The highest BCUT2D eigenvalue weighted by Gasteiger charge is 1.97. The van der Waals surface area contributed by atoms with Gasteiger partial charge in [0, 0.05) is 6.54 Å². The normalized spacial score (nSPS) is 11.3. The number of unbranched alkanes of at least 4 members (excludes halogenated alkanes) is 3. The third-order valence-corrected chi connectivity index (χ3v) is 4.39. The molecule has 0 radical (unpaired) electrons. The smallest absolute Gasteiger partial charge is 0.0701 e. The third-order valence-electron chi connectivity index (χ3n) is 2.84. The summed E-state index contributed by atoms with van der Waals surface area (Å²) >= 11 is 5.24. The molecule has 1 rings (SSSR count). The zero-order chi connectivity index (χ0) is 12.5. The number of halogens is 1. The first-order chi connectivity index (χ1) is 8.18. The minimum absolute atomic E-state index is 0.866. The van der Waals surface area contributed by atoms with E-state index in [2.05, 4.69) is 46.5 Å². The summed E-state index contributed by atoms with van der Waals surface area (Å²) in [6.07, 6.45) is 6.85. The molecule has 1 aromatic heterocycles. The second-order valence-corrected chi connectivity index (χ2v) is 7.32. The van der Waals surface area contributed by atoms with E-state index in [1.807, 2.05) is 0 Å². The summed E-state index contributed by atoms with van der Waals surface area (Å²) in [4.78, 5) is 0. The molecule has 0 fully saturated rings. The van der Waals surface area contributed by atoms with E-state index < -0.39 is 0 Å². The molecule has 1 aromatic rings. The van der Waals surface area contributed by atoms with E-state index in [4.69, 9.17) is 0 Å². The van der Waals surface area contributed by atoms with Crippen LogP contribution in [0.25, 0.3) is 0 Å². The number of nitrogens with one attached hydrogen (secondary N) is 1. The molecule has 0 amide bonds. The van der Waals surface area contributed by atoms with Gasteiger partial charge in [-0.05, 0) is 51.8 Å². The van der Waals surface area contributed by atoms with Gasteiger partial charge >= 0.3 is 0 Å². The van der Waals surface area contributed by atoms with E-state index >= 15 is 0 Å². The summed E-state index contributed by atoms with van der Waals surface area (Å²) in [6.45, 7) is 6.77. The molecule has 0 saturated carbocycles. The number of thiophene rings is 1. The van der Waals surface area contributed by atoms with Crippen LogP contribution in [-0.4, -0.2) is 6.54 Å². The SMILES string of the molecule is CC(C)CCCCCCNCc1csc(Br)c1. The molecule has 0 unspecified atom stereocenters. The highest BCUT2D eigenvalue weighted by atomic mass is 79.9. The van der Waals surface area contributed by atoms with Crippen molar-refractivity contribution in [2.75, 3.05) is 6.54 Å². The fraction of sp³-hybridized carbons (Fsp3) is 0.714. The predicted molar refractivity (Wildman–Crippen MR) is 81.6 cm³/mol. The molecule has 98 valence electrons. The summed E-state index contributed by atoms with van der Waals surface area (Å²) in [5, 5.41) is 5.71. The van der Waals surface area contributed by atoms with E-state index in [-0.39, 0.29) is 0 Å². The molecule has 1 N–H and O–H groups in total. The van der Waals surface area contributed by atoms with Crippen molar-refractivity contribution >= 4 is 27.3 Å². The van der Waals surface area contributed by atoms with Crippen LogP contribution >= 0.6 is 27.3 Å². The van der Waals surface area contributed by atoms with E-state index in [0.717, 1.165) is 19.0 Å². The average Bonchev–Trinajstić information content (AvgIpc) is 2.68. The fourth-order valence-corrected chi connectivity index (χ4v) is 3.04. The van der Waals surface area contributed by atoms with Crippen LogP contribution in [0.15, 0.2) is 15.2 Å². The van der Waals surface area contributed by atoms with Gasteiger partial charge in [-0.25, -0.2) is 0 Å². The van der Waals surface area contributed by atoms with Gasteiger partial charge in [0.1, 0.15) is 0 Å². The first kappa shape index (κ1) is 15.2. The van der Waals surface area contributed by atoms with Crippen molar-refractivity contribution in [1.29, 1.82) is 0 Å². The topological polar surface area (TPSA) is 12.0 Å². The second-order valence-electron chi connectivity index (χ2n) is 5.03. The van der Waals surface area contributed by atoms with Gasteiger partial charge in [0.05, 0.1) is 3.79 Å². The molecule has 0 aliphatic rings. The second kappa shape index (κ2) is 9.12. The average molecular weight is 318 g/mol.